The van der Waals surface area contributed by atoms with Gasteiger partial charge >= 0.3 is 11.7 Å². The van der Waals surface area contributed by atoms with Crippen LogP contribution in [-0.4, -0.2) is 23.0 Å². The normalized spacial score (nSPS) is 10.4. The van der Waals surface area contributed by atoms with Gasteiger partial charge in [0, 0.05) is 29.3 Å². The lowest BCUT2D eigenvalue weighted by Gasteiger charge is -2.10. The Morgan fingerprint density at radius 1 is 1.20 bits per heavy atom. The number of methoxy groups -OCH3 is 1. The lowest BCUT2D eigenvalue weighted by molar-refractivity contribution is -0.385. The van der Waals surface area contributed by atoms with Crippen LogP contribution in [0.1, 0.15) is 15.9 Å². The number of esters is 1. The molecule has 0 aliphatic rings. The first-order chi connectivity index (χ1) is 12.1. The van der Waals surface area contributed by atoms with Crippen molar-refractivity contribution in [1.29, 1.82) is 0 Å². The number of benzene rings is 2. The molecule has 0 saturated heterocycles. The summed E-state index contributed by atoms with van der Waals surface area (Å²) >= 11 is 0. The minimum absolute atomic E-state index is 0.000772. The molecular formula is C18H14N2O5. The molecule has 0 aliphatic carbocycles. The summed E-state index contributed by atoms with van der Waals surface area (Å²) < 4.78 is 10.3. The number of nitro benzene ring substituents is 1. The van der Waals surface area contributed by atoms with Crippen molar-refractivity contribution in [3.63, 3.8) is 0 Å². The largest absolute Gasteiger partial charge is 0.482 e. The molecule has 3 aromatic rings. The Hall–Kier alpha value is -3.48. The zero-order valence-electron chi connectivity index (χ0n) is 13.3. The van der Waals surface area contributed by atoms with Gasteiger partial charge in [-0.05, 0) is 12.1 Å². The molecule has 0 N–H and O–H groups in total. The average Bonchev–Trinajstić information content (AvgIpc) is 2.65. The third kappa shape index (κ3) is 3.40. The first-order valence-electron chi connectivity index (χ1n) is 7.42. The van der Waals surface area contributed by atoms with Crippen LogP contribution in [0.4, 0.5) is 5.69 Å². The van der Waals surface area contributed by atoms with Crippen molar-refractivity contribution in [2.45, 2.75) is 6.61 Å². The van der Waals surface area contributed by atoms with Gasteiger partial charge in [0.2, 0.25) is 0 Å². The fraction of sp³-hybridized carbons (Fsp3) is 0.111. The minimum atomic E-state index is -0.591. The van der Waals surface area contributed by atoms with Crippen LogP contribution < -0.4 is 4.74 Å². The van der Waals surface area contributed by atoms with Crippen LogP contribution >= 0.6 is 0 Å². The number of para-hydroxylation sites is 1. The van der Waals surface area contributed by atoms with Gasteiger partial charge in [-0.25, -0.2) is 4.79 Å². The van der Waals surface area contributed by atoms with Gasteiger partial charge in [-0.2, -0.15) is 0 Å². The van der Waals surface area contributed by atoms with Gasteiger partial charge in [0.25, 0.3) is 0 Å². The number of nitrogens with zero attached hydrogens (tertiary/aromatic N) is 2. The zero-order valence-corrected chi connectivity index (χ0v) is 13.3. The summed E-state index contributed by atoms with van der Waals surface area (Å²) in [6.07, 6.45) is 1.67. The zero-order chi connectivity index (χ0) is 17.8. The highest BCUT2D eigenvalue weighted by Crippen LogP contribution is 2.29. The van der Waals surface area contributed by atoms with Gasteiger partial charge in [0.1, 0.15) is 6.61 Å². The first-order valence-corrected chi connectivity index (χ1v) is 7.42. The molecule has 0 spiro atoms. The maximum absolute atomic E-state index is 11.6. The summed E-state index contributed by atoms with van der Waals surface area (Å²) in [4.78, 5) is 26.6. The molecule has 0 aliphatic heterocycles. The van der Waals surface area contributed by atoms with Crippen molar-refractivity contribution in [3.05, 3.63) is 76.0 Å². The van der Waals surface area contributed by atoms with E-state index in [2.05, 4.69) is 9.72 Å². The van der Waals surface area contributed by atoms with Crippen molar-refractivity contribution in [3.8, 4) is 5.75 Å². The monoisotopic (exact) mass is 338 g/mol. The molecule has 2 aromatic carbocycles. The number of rotatable bonds is 5. The van der Waals surface area contributed by atoms with E-state index in [1.807, 2.05) is 30.3 Å². The summed E-state index contributed by atoms with van der Waals surface area (Å²) in [5.74, 6) is -0.590. The molecule has 0 bridgehead atoms. The molecule has 0 fully saturated rings. The standard InChI is InChI=1S/C18H14N2O5/c1-24-18(21)13-7-8-15(20(22)23)16(10-13)25-11-14-5-2-4-12-6-3-9-19-17(12)14/h2-10H,11H2,1H3. The molecule has 0 atom stereocenters. The molecule has 0 radical (unpaired) electrons. The van der Waals surface area contributed by atoms with Crippen molar-refractivity contribution in [2.24, 2.45) is 0 Å². The van der Waals surface area contributed by atoms with E-state index < -0.39 is 10.9 Å². The number of pyridine rings is 1. The van der Waals surface area contributed by atoms with Crippen molar-refractivity contribution in [1.82, 2.24) is 4.98 Å². The Morgan fingerprint density at radius 2 is 2.00 bits per heavy atom. The number of carbonyl (C=O) groups is 1. The molecule has 0 amide bonds. The highest BCUT2D eigenvalue weighted by Gasteiger charge is 2.19. The van der Waals surface area contributed by atoms with Crippen LogP contribution in [0.3, 0.4) is 0 Å². The van der Waals surface area contributed by atoms with Crippen molar-refractivity contribution < 1.29 is 19.2 Å². The van der Waals surface area contributed by atoms with Gasteiger partial charge in [-0.3, -0.25) is 15.1 Å². The number of nitro groups is 1. The highest BCUT2D eigenvalue weighted by molar-refractivity contribution is 5.90. The number of hydrogen-bond donors (Lipinski definition) is 0. The summed E-state index contributed by atoms with van der Waals surface area (Å²) in [5, 5.41) is 12.1. The second-order valence-corrected chi connectivity index (χ2v) is 5.21. The highest BCUT2D eigenvalue weighted by atomic mass is 16.6. The lowest BCUT2D eigenvalue weighted by Crippen LogP contribution is -2.05. The fourth-order valence-corrected chi connectivity index (χ4v) is 2.46. The van der Waals surface area contributed by atoms with Crippen LogP contribution in [-0.2, 0) is 11.3 Å². The van der Waals surface area contributed by atoms with E-state index in [1.54, 1.807) is 6.20 Å². The summed E-state index contributed by atoms with van der Waals surface area (Å²) in [7, 11) is 1.24. The molecule has 0 unspecified atom stereocenters. The minimum Gasteiger partial charge on any atom is -0.482 e. The Balaban J connectivity index is 1.93. The van der Waals surface area contributed by atoms with E-state index in [1.165, 1.54) is 25.3 Å². The van der Waals surface area contributed by atoms with Crippen LogP contribution in [0.5, 0.6) is 5.75 Å². The van der Waals surface area contributed by atoms with Gasteiger partial charge in [0.05, 0.1) is 23.1 Å². The number of carbonyl (C=O) groups excluding carboxylic acids is 1. The number of aromatic nitrogens is 1. The van der Waals surface area contributed by atoms with E-state index in [0.717, 1.165) is 16.5 Å². The second kappa shape index (κ2) is 6.96. The second-order valence-electron chi connectivity index (χ2n) is 5.21. The Labute approximate surface area is 143 Å². The van der Waals surface area contributed by atoms with Crippen LogP contribution in [0.25, 0.3) is 10.9 Å². The Kier molecular flexibility index (Phi) is 4.56. The van der Waals surface area contributed by atoms with Gasteiger partial charge in [0.15, 0.2) is 5.75 Å². The maximum Gasteiger partial charge on any atom is 0.337 e. The molecular weight excluding hydrogens is 324 g/mol. The Bertz CT molecular complexity index is 950. The van der Waals surface area contributed by atoms with E-state index in [4.69, 9.17) is 4.74 Å². The van der Waals surface area contributed by atoms with E-state index >= 15 is 0 Å². The third-order valence-corrected chi connectivity index (χ3v) is 3.68. The molecule has 1 heterocycles. The first kappa shape index (κ1) is 16.4. The third-order valence-electron chi connectivity index (χ3n) is 3.68. The summed E-state index contributed by atoms with van der Waals surface area (Å²) in [6, 6.07) is 13.2. The van der Waals surface area contributed by atoms with Gasteiger partial charge in [-0.1, -0.05) is 24.3 Å². The van der Waals surface area contributed by atoms with Gasteiger partial charge < -0.3 is 9.47 Å². The number of ether oxygens (including phenoxy) is 2. The van der Waals surface area contributed by atoms with E-state index in [-0.39, 0.29) is 23.6 Å². The molecule has 0 saturated carbocycles. The molecule has 7 heteroatoms. The Morgan fingerprint density at radius 3 is 2.76 bits per heavy atom. The molecule has 25 heavy (non-hydrogen) atoms. The van der Waals surface area contributed by atoms with E-state index in [0.29, 0.717) is 0 Å². The molecule has 7 nitrogen and oxygen atoms in total. The van der Waals surface area contributed by atoms with Crippen molar-refractivity contribution >= 4 is 22.6 Å². The summed E-state index contributed by atoms with van der Waals surface area (Å²) in [6.45, 7) is 0.0832. The van der Waals surface area contributed by atoms with Crippen LogP contribution in [0.2, 0.25) is 0 Å². The summed E-state index contributed by atoms with van der Waals surface area (Å²) in [5.41, 5.74) is 1.51. The van der Waals surface area contributed by atoms with Crippen molar-refractivity contribution in [2.75, 3.05) is 7.11 Å². The quantitative estimate of drug-likeness (QED) is 0.401. The van der Waals surface area contributed by atoms with Crippen LogP contribution in [0, 0.1) is 10.1 Å². The topological polar surface area (TPSA) is 91.6 Å². The average molecular weight is 338 g/mol. The smallest absolute Gasteiger partial charge is 0.337 e. The molecule has 1 aromatic heterocycles. The molecule has 3 rings (SSSR count). The maximum atomic E-state index is 11.6. The molecule has 126 valence electrons. The number of hydrogen-bond acceptors (Lipinski definition) is 6. The number of fused-ring (bicyclic) bond motifs is 1. The van der Waals surface area contributed by atoms with Gasteiger partial charge in [-0.15, -0.1) is 0 Å². The van der Waals surface area contributed by atoms with E-state index in [9.17, 15) is 14.9 Å². The van der Waals surface area contributed by atoms with Crippen LogP contribution in [0.15, 0.2) is 54.7 Å². The predicted octanol–water partition coefficient (Wildman–Crippen LogP) is 3.51. The SMILES string of the molecule is COC(=O)c1ccc([N+](=O)[O-])c(OCc2cccc3cccnc23)c1. The lowest BCUT2D eigenvalue weighted by atomic mass is 10.1. The predicted molar refractivity (Wildman–Crippen MR) is 90.5 cm³/mol. The fourth-order valence-electron chi connectivity index (χ4n) is 2.46.